The molecular formula is C20H27N3O4S. The van der Waals surface area contributed by atoms with Crippen molar-refractivity contribution in [2.24, 2.45) is 0 Å². The van der Waals surface area contributed by atoms with E-state index in [2.05, 4.69) is 10.5 Å². The van der Waals surface area contributed by atoms with Crippen LogP contribution in [0.1, 0.15) is 60.0 Å². The van der Waals surface area contributed by atoms with E-state index in [1.54, 1.807) is 31.2 Å². The Balaban J connectivity index is 1.64. The van der Waals surface area contributed by atoms with E-state index in [-0.39, 0.29) is 17.9 Å². The number of nitrogens with zero attached hydrogens (tertiary/aromatic N) is 2. The number of aromatic nitrogens is 1. The number of carbonyl (C=O) groups excluding carboxylic acids is 1. The van der Waals surface area contributed by atoms with Gasteiger partial charge in [-0.25, -0.2) is 8.42 Å². The Morgan fingerprint density at radius 2 is 1.79 bits per heavy atom. The van der Waals surface area contributed by atoms with Crippen LogP contribution in [0.4, 0.5) is 0 Å². The van der Waals surface area contributed by atoms with E-state index < -0.39 is 10.0 Å². The number of hydrogen-bond acceptors (Lipinski definition) is 5. The van der Waals surface area contributed by atoms with Crippen molar-refractivity contribution in [3.63, 3.8) is 0 Å². The first-order valence-corrected chi connectivity index (χ1v) is 11.0. The predicted molar refractivity (Wildman–Crippen MR) is 106 cm³/mol. The van der Waals surface area contributed by atoms with Gasteiger partial charge in [-0.3, -0.25) is 4.79 Å². The second-order valence-electron chi connectivity index (χ2n) is 7.63. The molecule has 0 bridgehead atoms. The van der Waals surface area contributed by atoms with Crippen LogP contribution in [0, 0.1) is 13.8 Å². The zero-order chi connectivity index (χ0) is 20.5. The van der Waals surface area contributed by atoms with Crippen LogP contribution in [0.25, 0.3) is 0 Å². The number of sulfonamides is 1. The summed E-state index contributed by atoms with van der Waals surface area (Å²) in [5.74, 6) is 0.431. The molecule has 1 aliphatic heterocycles. The molecule has 1 N–H and O–H groups in total. The molecule has 7 nitrogen and oxygen atoms in total. The number of nitrogens with one attached hydrogen (secondary N) is 1. The van der Waals surface area contributed by atoms with E-state index in [0.717, 1.165) is 5.56 Å². The highest BCUT2D eigenvalue weighted by Gasteiger charge is 2.31. The first kappa shape index (κ1) is 20.5. The Hall–Kier alpha value is -2.19. The van der Waals surface area contributed by atoms with Crippen molar-refractivity contribution in [3.8, 4) is 0 Å². The van der Waals surface area contributed by atoms with Gasteiger partial charge in [-0.15, -0.1) is 0 Å². The van der Waals surface area contributed by atoms with Gasteiger partial charge < -0.3 is 9.84 Å². The van der Waals surface area contributed by atoms with Gasteiger partial charge >= 0.3 is 0 Å². The molecule has 0 saturated carbocycles. The van der Waals surface area contributed by atoms with Gasteiger partial charge in [0.1, 0.15) is 5.56 Å². The number of amides is 1. The first-order chi connectivity index (χ1) is 13.2. The largest absolute Gasteiger partial charge is 0.360 e. The van der Waals surface area contributed by atoms with Crippen LogP contribution >= 0.6 is 0 Å². The molecule has 8 heteroatoms. The molecule has 0 unspecified atom stereocenters. The van der Waals surface area contributed by atoms with Gasteiger partial charge in [0.15, 0.2) is 5.76 Å². The SMILES string of the molecule is Cc1ccc(S(=O)(=O)N2CCC(NC(=O)c3c(C)noc3C(C)C)CC2)cc1. The second-order valence-corrected chi connectivity index (χ2v) is 9.56. The average molecular weight is 406 g/mol. The molecule has 0 spiro atoms. The Morgan fingerprint density at radius 1 is 1.18 bits per heavy atom. The maximum absolute atomic E-state index is 12.8. The molecule has 28 heavy (non-hydrogen) atoms. The normalized spacial score (nSPS) is 16.5. The standard InChI is InChI=1S/C20H27N3O4S/c1-13(2)19-18(15(4)22-27-19)20(24)21-16-9-11-23(12-10-16)28(25,26)17-7-5-14(3)6-8-17/h5-8,13,16H,9-12H2,1-4H3,(H,21,24). The van der Waals surface area contributed by atoms with Gasteiger partial charge in [0, 0.05) is 25.0 Å². The smallest absolute Gasteiger partial charge is 0.257 e. The minimum atomic E-state index is -3.50. The summed E-state index contributed by atoms with van der Waals surface area (Å²) in [6.45, 7) is 8.32. The summed E-state index contributed by atoms with van der Waals surface area (Å²) < 4.78 is 32.4. The van der Waals surface area contributed by atoms with Gasteiger partial charge in [0.05, 0.1) is 10.6 Å². The number of benzene rings is 1. The molecular weight excluding hydrogens is 378 g/mol. The van der Waals surface area contributed by atoms with Crippen LogP contribution in [0.15, 0.2) is 33.7 Å². The van der Waals surface area contributed by atoms with E-state index in [0.29, 0.717) is 47.8 Å². The summed E-state index contributed by atoms with van der Waals surface area (Å²) in [7, 11) is -3.50. The molecule has 0 radical (unpaired) electrons. The Labute approximate surface area is 166 Å². The van der Waals surface area contributed by atoms with E-state index in [4.69, 9.17) is 4.52 Å². The lowest BCUT2D eigenvalue weighted by molar-refractivity contribution is 0.0920. The summed E-state index contributed by atoms with van der Waals surface area (Å²) in [6.07, 6.45) is 1.14. The molecule has 1 aliphatic rings. The Kier molecular flexibility index (Phi) is 5.90. The Bertz CT molecular complexity index is 940. The van der Waals surface area contributed by atoms with Crippen LogP contribution in [0.2, 0.25) is 0 Å². The molecule has 1 aromatic heterocycles. The summed E-state index contributed by atoms with van der Waals surface area (Å²) in [5, 5.41) is 6.93. The van der Waals surface area contributed by atoms with Crippen molar-refractivity contribution >= 4 is 15.9 Å². The van der Waals surface area contributed by atoms with Crippen molar-refractivity contribution in [1.29, 1.82) is 0 Å². The van der Waals surface area contributed by atoms with Gasteiger partial charge in [-0.2, -0.15) is 4.31 Å². The summed E-state index contributed by atoms with van der Waals surface area (Å²) in [5.41, 5.74) is 2.08. The number of hydrogen-bond donors (Lipinski definition) is 1. The highest BCUT2D eigenvalue weighted by molar-refractivity contribution is 7.89. The van der Waals surface area contributed by atoms with Crippen molar-refractivity contribution in [3.05, 3.63) is 46.8 Å². The molecule has 1 amide bonds. The van der Waals surface area contributed by atoms with Crippen molar-refractivity contribution < 1.29 is 17.7 Å². The molecule has 1 aromatic carbocycles. The molecule has 1 saturated heterocycles. The molecule has 0 atom stereocenters. The zero-order valence-corrected chi connectivity index (χ0v) is 17.5. The van der Waals surface area contributed by atoms with Gasteiger partial charge in [-0.05, 0) is 38.8 Å². The summed E-state index contributed by atoms with van der Waals surface area (Å²) in [6, 6.07) is 6.80. The van der Waals surface area contributed by atoms with E-state index in [9.17, 15) is 13.2 Å². The van der Waals surface area contributed by atoms with Crippen LogP contribution in [0.3, 0.4) is 0 Å². The van der Waals surface area contributed by atoms with Gasteiger partial charge in [0.2, 0.25) is 10.0 Å². The lowest BCUT2D eigenvalue weighted by atomic mass is 10.0. The van der Waals surface area contributed by atoms with Crippen LogP contribution < -0.4 is 5.32 Å². The maximum atomic E-state index is 12.8. The van der Waals surface area contributed by atoms with E-state index in [1.807, 2.05) is 20.8 Å². The minimum absolute atomic E-state index is 0.0587. The zero-order valence-electron chi connectivity index (χ0n) is 16.7. The highest BCUT2D eigenvalue weighted by Crippen LogP contribution is 2.24. The number of piperidine rings is 1. The van der Waals surface area contributed by atoms with Crippen LogP contribution in [0.5, 0.6) is 0 Å². The number of aryl methyl sites for hydroxylation is 2. The number of carbonyl (C=O) groups is 1. The molecule has 152 valence electrons. The summed E-state index contributed by atoms with van der Waals surface area (Å²) >= 11 is 0. The third kappa shape index (κ3) is 4.12. The summed E-state index contributed by atoms with van der Waals surface area (Å²) in [4.78, 5) is 13.0. The fourth-order valence-corrected chi connectivity index (χ4v) is 4.88. The fourth-order valence-electron chi connectivity index (χ4n) is 3.41. The van der Waals surface area contributed by atoms with Crippen LogP contribution in [-0.2, 0) is 10.0 Å². The maximum Gasteiger partial charge on any atom is 0.257 e. The predicted octanol–water partition coefficient (Wildman–Crippen LogP) is 3.00. The molecule has 2 aromatic rings. The fraction of sp³-hybridized carbons (Fsp3) is 0.500. The van der Waals surface area contributed by atoms with Gasteiger partial charge in [-0.1, -0.05) is 36.7 Å². The lowest BCUT2D eigenvalue weighted by Gasteiger charge is -2.31. The quantitative estimate of drug-likeness (QED) is 0.825. The average Bonchev–Trinajstić information content (AvgIpc) is 3.04. The third-order valence-electron chi connectivity index (χ3n) is 5.09. The first-order valence-electron chi connectivity index (χ1n) is 9.54. The highest BCUT2D eigenvalue weighted by atomic mass is 32.2. The molecule has 1 fully saturated rings. The Morgan fingerprint density at radius 3 is 2.36 bits per heavy atom. The topological polar surface area (TPSA) is 92.5 Å². The van der Waals surface area contributed by atoms with E-state index in [1.165, 1.54) is 4.31 Å². The molecule has 2 heterocycles. The second kappa shape index (κ2) is 8.05. The minimum Gasteiger partial charge on any atom is -0.360 e. The van der Waals surface area contributed by atoms with Crippen LogP contribution in [-0.4, -0.2) is 42.9 Å². The third-order valence-corrected chi connectivity index (χ3v) is 7.00. The van der Waals surface area contributed by atoms with Gasteiger partial charge in [0.25, 0.3) is 5.91 Å². The molecule has 3 rings (SSSR count). The van der Waals surface area contributed by atoms with Crippen molar-refractivity contribution in [1.82, 2.24) is 14.8 Å². The van der Waals surface area contributed by atoms with Crippen molar-refractivity contribution in [2.75, 3.05) is 13.1 Å². The lowest BCUT2D eigenvalue weighted by Crippen LogP contribution is -2.46. The van der Waals surface area contributed by atoms with E-state index >= 15 is 0 Å². The van der Waals surface area contributed by atoms with Crippen molar-refractivity contribution in [2.45, 2.75) is 57.4 Å². The molecule has 0 aliphatic carbocycles. The number of rotatable bonds is 5. The monoisotopic (exact) mass is 405 g/mol.